The van der Waals surface area contributed by atoms with Crippen LogP contribution in [0.1, 0.15) is 38.8 Å². The Morgan fingerprint density at radius 1 is 0.825 bits per heavy atom. The molecule has 2 aliphatic rings. The lowest BCUT2D eigenvalue weighted by molar-refractivity contribution is -0.114. The molecule has 40 heavy (non-hydrogen) atoms. The van der Waals surface area contributed by atoms with Gasteiger partial charge in [-0.25, -0.2) is 8.42 Å². The van der Waals surface area contributed by atoms with Gasteiger partial charge < -0.3 is 5.32 Å². The van der Waals surface area contributed by atoms with E-state index in [-0.39, 0.29) is 32.4 Å². The average molecular weight is 548 g/mol. The number of carbonyl (C=O) groups is 3. The van der Waals surface area contributed by atoms with Crippen molar-refractivity contribution in [1.82, 2.24) is 0 Å². The molecule has 4 aromatic carbocycles. The summed E-state index contributed by atoms with van der Waals surface area (Å²) in [6, 6.07) is 26.1. The number of carbonyl (C=O) groups excluding carboxylic acids is 3. The highest BCUT2D eigenvalue weighted by Crippen LogP contribution is 2.35. The first-order valence-corrected chi connectivity index (χ1v) is 13.8. The van der Waals surface area contributed by atoms with E-state index in [1.165, 1.54) is 35.3 Å². The van der Waals surface area contributed by atoms with Gasteiger partial charge >= 0.3 is 0 Å². The highest BCUT2D eigenvalue weighted by atomic mass is 32.2. The predicted octanol–water partition coefficient (Wildman–Crippen LogP) is 5.12. The van der Waals surface area contributed by atoms with E-state index in [2.05, 4.69) is 10.4 Å². The molecule has 2 aliphatic heterocycles. The van der Waals surface area contributed by atoms with Gasteiger partial charge in [0.15, 0.2) is 5.78 Å². The summed E-state index contributed by atoms with van der Waals surface area (Å²) in [7, 11) is -3.96. The van der Waals surface area contributed by atoms with E-state index < -0.39 is 21.5 Å². The third-order valence-corrected chi connectivity index (χ3v) is 8.59. The number of rotatable bonds is 4. The molecule has 0 fully saturated rings. The molecule has 6 rings (SSSR count). The first-order valence-electron chi connectivity index (χ1n) is 12.3. The standard InChI is InChI=1S/C31H21N3O5S/c1-19-26(31(37)34(33-19)23-7-3-2-4-8-23)17-20-11-14-22(15-12-20)32-30(36)21-13-16-25-28(18-21)40(38,39)27-10-6-5-9-24(27)29(25)35/h2-18H,1H3,(H,32,36)/b26-17-. The van der Waals surface area contributed by atoms with Crippen LogP contribution in [0, 0.1) is 0 Å². The summed E-state index contributed by atoms with van der Waals surface area (Å²) >= 11 is 0. The number of para-hydroxylation sites is 1. The van der Waals surface area contributed by atoms with E-state index in [1.54, 1.807) is 49.4 Å². The van der Waals surface area contributed by atoms with Crippen LogP contribution >= 0.6 is 0 Å². The summed E-state index contributed by atoms with van der Waals surface area (Å²) in [4.78, 5) is 38.5. The van der Waals surface area contributed by atoms with E-state index in [0.717, 1.165) is 5.56 Å². The van der Waals surface area contributed by atoms with Crippen LogP contribution in [0.4, 0.5) is 11.4 Å². The molecule has 0 saturated heterocycles. The maximum absolute atomic E-state index is 13.2. The lowest BCUT2D eigenvalue weighted by Gasteiger charge is -2.19. The molecule has 2 heterocycles. The molecule has 0 unspecified atom stereocenters. The first kappa shape index (κ1) is 25.1. The van der Waals surface area contributed by atoms with Crippen molar-refractivity contribution in [2.45, 2.75) is 16.7 Å². The molecular weight excluding hydrogens is 526 g/mol. The predicted molar refractivity (Wildman–Crippen MR) is 151 cm³/mol. The molecule has 0 atom stereocenters. The van der Waals surface area contributed by atoms with Gasteiger partial charge in [-0.05, 0) is 73.2 Å². The number of sulfone groups is 1. The van der Waals surface area contributed by atoms with Gasteiger partial charge in [-0.3, -0.25) is 14.4 Å². The fourth-order valence-corrected chi connectivity index (χ4v) is 6.36. The van der Waals surface area contributed by atoms with Crippen molar-refractivity contribution in [3.8, 4) is 0 Å². The molecule has 196 valence electrons. The number of fused-ring (bicyclic) bond motifs is 2. The maximum atomic E-state index is 13.2. The Labute approximate surface area is 230 Å². The highest BCUT2D eigenvalue weighted by molar-refractivity contribution is 7.91. The van der Waals surface area contributed by atoms with E-state index in [9.17, 15) is 22.8 Å². The number of benzene rings is 4. The normalized spacial score (nSPS) is 16.4. The Bertz CT molecular complexity index is 1890. The van der Waals surface area contributed by atoms with Crippen LogP contribution in [0.25, 0.3) is 6.08 Å². The highest BCUT2D eigenvalue weighted by Gasteiger charge is 2.35. The molecule has 9 heteroatoms. The fourth-order valence-electron chi connectivity index (χ4n) is 4.69. The van der Waals surface area contributed by atoms with Gasteiger partial charge in [-0.2, -0.15) is 10.1 Å². The van der Waals surface area contributed by atoms with Gasteiger partial charge in [0.25, 0.3) is 11.8 Å². The second kappa shape index (κ2) is 9.55. The molecule has 2 amide bonds. The van der Waals surface area contributed by atoms with Gasteiger partial charge in [-0.1, -0.05) is 42.5 Å². The SMILES string of the molecule is CC1=NN(c2ccccc2)C(=O)/C1=C\c1ccc(NC(=O)c2ccc3c(c2)S(=O)(=O)c2ccccc2C3=O)cc1. The van der Waals surface area contributed by atoms with Crippen LogP contribution < -0.4 is 10.3 Å². The van der Waals surface area contributed by atoms with Gasteiger partial charge in [0.05, 0.1) is 26.8 Å². The van der Waals surface area contributed by atoms with E-state index in [1.807, 2.05) is 30.3 Å². The fraction of sp³-hybridized carbons (Fsp3) is 0.0323. The van der Waals surface area contributed by atoms with Crippen molar-refractivity contribution in [1.29, 1.82) is 0 Å². The second-order valence-electron chi connectivity index (χ2n) is 9.31. The molecule has 0 bridgehead atoms. The molecule has 0 spiro atoms. The second-order valence-corrected chi connectivity index (χ2v) is 11.2. The Hall–Kier alpha value is -5.15. The number of hydrogen-bond acceptors (Lipinski definition) is 6. The minimum atomic E-state index is -3.96. The van der Waals surface area contributed by atoms with Crippen LogP contribution in [0.2, 0.25) is 0 Å². The van der Waals surface area contributed by atoms with Gasteiger partial charge in [0.1, 0.15) is 0 Å². The Morgan fingerprint density at radius 2 is 1.50 bits per heavy atom. The van der Waals surface area contributed by atoms with Crippen LogP contribution in [-0.4, -0.2) is 31.7 Å². The van der Waals surface area contributed by atoms with E-state index in [4.69, 9.17) is 0 Å². The Balaban J connectivity index is 1.21. The van der Waals surface area contributed by atoms with Crippen LogP contribution in [-0.2, 0) is 14.6 Å². The van der Waals surface area contributed by atoms with Crippen molar-refractivity contribution >= 4 is 50.6 Å². The maximum Gasteiger partial charge on any atom is 0.280 e. The summed E-state index contributed by atoms with van der Waals surface area (Å²) in [6.07, 6.45) is 1.74. The summed E-state index contributed by atoms with van der Waals surface area (Å²) in [6.45, 7) is 1.77. The quantitative estimate of drug-likeness (QED) is 0.314. The third-order valence-electron chi connectivity index (χ3n) is 6.74. The zero-order chi connectivity index (χ0) is 28.0. The summed E-state index contributed by atoms with van der Waals surface area (Å²) in [5.74, 6) is -1.16. The van der Waals surface area contributed by atoms with Gasteiger partial charge in [-0.15, -0.1) is 0 Å². The van der Waals surface area contributed by atoms with Gasteiger partial charge in [0.2, 0.25) is 9.84 Å². The van der Waals surface area contributed by atoms with Crippen LogP contribution in [0.15, 0.2) is 118 Å². The molecule has 0 aliphatic carbocycles. The monoisotopic (exact) mass is 547 g/mol. The topological polar surface area (TPSA) is 113 Å². The molecule has 4 aromatic rings. The number of nitrogens with one attached hydrogen (secondary N) is 1. The summed E-state index contributed by atoms with van der Waals surface area (Å²) in [5, 5.41) is 8.49. The average Bonchev–Trinajstić information content (AvgIpc) is 3.25. The summed E-state index contributed by atoms with van der Waals surface area (Å²) < 4.78 is 26.4. The molecule has 8 nitrogen and oxygen atoms in total. The Morgan fingerprint density at radius 3 is 2.25 bits per heavy atom. The van der Waals surface area contributed by atoms with Crippen LogP contribution in [0.3, 0.4) is 0 Å². The zero-order valence-electron chi connectivity index (χ0n) is 21.2. The Kier molecular flexibility index (Phi) is 6.00. The molecule has 0 aromatic heterocycles. The lowest BCUT2D eigenvalue weighted by Crippen LogP contribution is -2.21. The van der Waals surface area contributed by atoms with Crippen molar-refractivity contribution in [3.63, 3.8) is 0 Å². The molecular formula is C31H21N3O5S. The first-order chi connectivity index (χ1) is 19.2. The molecule has 1 N–H and O–H groups in total. The van der Waals surface area contributed by atoms with Crippen molar-refractivity contribution < 1.29 is 22.8 Å². The number of ketones is 1. The lowest BCUT2D eigenvalue weighted by atomic mass is 10.0. The summed E-state index contributed by atoms with van der Waals surface area (Å²) in [5.41, 5.74) is 3.21. The number of nitrogens with zero attached hydrogens (tertiary/aromatic N) is 2. The van der Waals surface area contributed by atoms with Crippen LogP contribution in [0.5, 0.6) is 0 Å². The number of amides is 2. The largest absolute Gasteiger partial charge is 0.322 e. The van der Waals surface area contributed by atoms with Crippen molar-refractivity contribution in [2.75, 3.05) is 10.3 Å². The van der Waals surface area contributed by atoms with E-state index >= 15 is 0 Å². The van der Waals surface area contributed by atoms with Gasteiger partial charge in [0, 0.05) is 22.4 Å². The van der Waals surface area contributed by atoms with Crippen molar-refractivity contribution in [3.05, 3.63) is 125 Å². The third kappa shape index (κ3) is 4.22. The number of anilines is 2. The minimum absolute atomic E-state index is 0.0405. The molecule has 0 saturated carbocycles. The molecule has 0 radical (unpaired) electrons. The zero-order valence-corrected chi connectivity index (χ0v) is 22.0. The van der Waals surface area contributed by atoms with E-state index in [0.29, 0.717) is 22.7 Å². The number of hydrogen-bond donors (Lipinski definition) is 1. The number of hydrazone groups is 1. The minimum Gasteiger partial charge on any atom is -0.322 e. The smallest absolute Gasteiger partial charge is 0.280 e. The van der Waals surface area contributed by atoms with Crippen molar-refractivity contribution in [2.24, 2.45) is 5.10 Å².